The Kier molecular flexibility index (Phi) is 2.96. The van der Waals surface area contributed by atoms with Crippen LogP contribution in [0.5, 0.6) is 5.75 Å². The van der Waals surface area contributed by atoms with Gasteiger partial charge in [-0.15, -0.1) is 0 Å². The molecule has 5 heteroatoms. The molecule has 2 rings (SSSR count). The minimum atomic E-state index is -1.47. The number of carboxylic acids is 1. The summed E-state index contributed by atoms with van der Waals surface area (Å²) in [5.41, 5.74) is 0.0915. The summed E-state index contributed by atoms with van der Waals surface area (Å²) in [4.78, 5) is 22.1. The standard InChI is InChI=1S/C11H9BrO4/c12-6-1-4-9(16-7-2-3-7)8(5-6)10(13)11(14)15/h1,4-5,7H,2-3H2,(H,14,15). The third-order valence-corrected chi connectivity index (χ3v) is 2.69. The number of hydrogen-bond donors (Lipinski definition) is 1. The Bertz CT molecular complexity index is 451. The van der Waals surface area contributed by atoms with Crippen LogP contribution >= 0.6 is 15.9 Å². The second-order valence-corrected chi connectivity index (χ2v) is 4.51. The molecule has 1 N–H and O–H groups in total. The summed E-state index contributed by atoms with van der Waals surface area (Å²) in [6, 6.07) is 4.79. The highest BCUT2D eigenvalue weighted by atomic mass is 79.9. The molecule has 0 saturated heterocycles. The van der Waals surface area contributed by atoms with Crippen LogP contribution in [0.2, 0.25) is 0 Å². The predicted octanol–water partition coefficient (Wildman–Crippen LogP) is 2.26. The number of Topliss-reactive ketones (excluding diaryl/α,β-unsaturated/α-hetero) is 1. The summed E-state index contributed by atoms with van der Waals surface area (Å²) in [5.74, 6) is -2.08. The van der Waals surface area contributed by atoms with Crippen LogP contribution in [-0.2, 0) is 4.79 Å². The molecule has 1 aliphatic carbocycles. The molecular formula is C11H9BrO4. The van der Waals surface area contributed by atoms with Gasteiger partial charge in [-0.1, -0.05) is 15.9 Å². The quantitative estimate of drug-likeness (QED) is 0.680. The topological polar surface area (TPSA) is 63.6 Å². The van der Waals surface area contributed by atoms with Gasteiger partial charge in [0.1, 0.15) is 5.75 Å². The fourth-order valence-corrected chi connectivity index (χ4v) is 1.62. The van der Waals surface area contributed by atoms with Gasteiger partial charge in [0.25, 0.3) is 5.78 Å². The number of carbonyl (C=O) groups is 2. The lowest BCUT2D eigenvalue weighted by Gasteiger charge is -2.08. The minimum Gasteiger partial charge on any atom is -0.490 e. The normalized spacial score (nSPS) is 14.6. The van der Waals surface area contributed by atoms with Gasteiger partial charge >= 0.3 is 5.97 Å². The van der Waals surface area contributed by atoms with Gasteiger partial charge in [0.2, 0.25) is 0 Å². The van der Waals surface area contributed by atoms with Gasteiger partial charge < -0.3 is 9.84 Å². The molecule has 0 atom stereocenters. The minimum absolute atomic E-state index is 0.0915. The van der Waals surface area contributed by atoms with Gasteiger partial charge in [0.05, 0.1) is 11.7 Å². The fourth-order valence-electron chi connectivity index (χ4n) is 1.26. The largest absolute Gasteiger partial charge is 0.490 e. The number of ketones is 1. The second-order valence-electron chi connectivity index (χ2n) is 3.59. The van der Waals surface area contributed by atoms with Crippen LogP contribution in [0.25, 0.3) is 0 Å². The van der Waals surface area contributed by atoms with E-state index in [1.54, 1.807) is 12.1 Å². The lowest BCUT2D eigenvalue weighted by Crippen LogP contribution is -2.14. The molecule has 1 aliphatic rings. The molecule has 0 spiro atoms. The number of halogens is 1. The molecule has 0 aromatic heterocycles. The molecule has 1 saturated carbocycles. The number of ether oxygens (including phenoxy) is 1. The average Bonchev–Trinajstić information content (AvgIpc) is 3.03. The van der Waals surface area contributed by atoms with E-state index >= 15 is 0 Å². The maximum atomic E-state index is 11.4. The van der Waals surface area contributed by atoms with E-state index in [1.807, 2.05) is 0 Å². The van der Waals surface area contributed by atoms with Crippen molar-refractivity contribution in [3.05, 3.63) is 28.2 Å². The Morgan fingerprint density at radius 2 is 2.06 bits per heavy atom. The Morgan fingerprint density at radius 1 is 1.38 bits per heavy atom. The molecule has 1 aromatic carbocycles. The number of carboxylic acid groups (broad SMARTS) is 1. The van der Waals surface area contributed by atoms with Crippen LogP contribution < -0.4 is 4.74 Å². The number of rotatable bonds is 4. The molecule has 1 aromatic rings. The van der Waals surface area contributed by atoms with Gasteiger partial charge in [-0.05, 0) is 31.0 Å². The molecule has 16 heavy (non-hydrogen) atoms. The van der Waals surface area contributed by atoms with Crippen molar-refractivity contribution in [3.63, 3.8) is 0 Å². The fraction of sp³-hybridized carbons (Fsp3) is 0.273. The molecule has 0 bridgehead atoms. The Morgan fingerprint density at radius 3 is 2.62 bits per heavy atom. The Hall–Kier alpha value is -1.36. The highest BCUT2D eigenvalue weighted by Crippen LogP contribution is 2.31. The van der Waals surface area contributed by atoms with Crippen molar-refractivity contribution in [2.45, 2.75) is 18.9 Å². The summed E-state index contributed by atoms with van der Waals surface area (Å²) in [7, 11) is 0. The van der Waals surface area contributed by atoms with E-state index in [-0.39, 0.29) is 11.7 Å². The molecule has 1 fully saturated rings. The zero-order valence-electron chi connectivity index (χ0n) is 8.27. The van der Waals surface area contributed by atoms with Crippen LogP contribution in [0.15, 0.2) is 22.7 Å². The molecule has 0 unspecified atom stereocenters. The zero-order chi connectivity index (χ0) is 11.7. The van der Waals surface area contributed by atoms with Crippen LogP contribution in [-0.4, -0.2) is 23.0 Å². The van der Waals surface area contributed by atoms with Crippen molar-refractivity contribution >= 4 is 27.7 Å². The van der Waals surface area contributed by atoms with Crippen molar-refractivity contribution < 1.29 is 19.4 Å². The Labute approximate surface area is 100 Å². The first kappa shape index (κ1) is 11.1. The van der Waals surface area contributed by atoms with E-state index in [1.165, 1.54) is 6.07 Å². The molecule has 0 heterocycles. The van der Waals surface area contributed by atoms with Crippen molar-refractivity contribution in [1.82, 2.24) is 0 Å². The number of benzene rings is 1. The third kappa shape index (κ3) is 2.41. The van der Waals surface area contributed by atoms with E-state index in [4.69, 9.17) is 9.84 Å². The summed E-state index contributed by atoms with van der Waals surface area (Å²) in [6.45, 7) is 0. The zero-order valence-corrected chi connectivity index (χ0v) is 9.86. The van der Waals surface area contributed by atoms with E-state index < -0.39 is 11.8 Å². The second kappa shape index (κ2) is 4.25. The van der Waals surface area contributed by atoms with Crippen LogP contribution in [0.1, 0.15) is 23.2 Å². The van der Waals surface area contributed by atoms with Crippen molar-refractivity contribution in [3.8, 4) is 5.75 Å². The van der Waals surface area contributed by atoms with Gasteiger partial charge in [-0.25, -0.2) is 4.79 Å². The molecule has 4 nitrogen and oxygen atoms in total. The van der Waals surface area contributed by atoms with Crippen LogP contribution in [0.4, 0.5) is 0 Å². The molecular weight excluding hydrogens is 276 g/mol. The SMILES string of the molecule is O=C(O)C(=O)c1cc(Br)ccc1OC1CC1. The van der Waals surface area contributed by atoms with Gasteiger partial charge in [-0.3, -0.25) is 4.79 Å². The van der Waals surface area contributed by atoms with E-state index in [0.29, 0.717) is 10.2 Å². The molecule has 0 amide bonds. The Balaban J connectivity index is 2.34. The van der Waals surface area contributed by atoms with Crippen LogP contribution in [0.3, 0.4) is 0 Å². The molecule has 84 valence electrons. The monoisotopic (exact) mass is 284 g/mol. The van der Waals surface area contributed by atoms with Crippen molar-refractivity contribution in [2.75, 3.05) is 0 Å². The van der Waals surface area contributed by atoms with Crippen molar-refractivity contribution in [2.24, 2.45) is 0 Å². The first-order chi connectivity index (χ1) is 7.58. The highest BCUT2D eigenvalue weighted by Gasteiger charge is 2.27. The first-order valence-electron chi connectivity index (χ1n) is 4.82. The maximum Gasteiger partial charge on any atom is 0.377 e. The summed E-state index contributed by atoms with van der Waals surface area (Å²) in [6.07, 6.45) is 2.04. The number of carbonyl (C=O) groups excluding carboxylic acids is 1. The number of aliphatic carboxylic acids is 1. The van der Waals surface area contributed by atoms with E-state index in [2.05, 4.69) is 15.9 Å². The maximum absolute atomic E-state index is 11.4. The molecule has 0 aliphatic heterocycles. The first-order valence-corrected chi connectivity index (χ1v) is 5.61. The summed E-state index contributed by atoms with van der Waals surface area (Å²) < 4.78 is 6.13. The van der Waals surface area contributed by atoms with E-state index in [0.717, 1.165) is 12.8 Å². The van der Waals surface area contributed by atoms with E-state index in [9.17, 15) is 9.59 Å². The highest BCUT2D eigenvalue weighted by molar-refractivity contribution is 9.10. The van der Waals surface area contributed by atoms with Gasteiger partial charge in [-0.2, -0.15) is 0 Å². The lowest BCUT2D eigenvalue weighted by molar-refractivity contribution is -0.131. The molecule has 0 radical (unpaired) electrons. The average molecular weight is 285 g/mol. The van der Waals surface area contributed by atoms with Crippen LogP contribution in [0, 0.1) is 0 Å². The van der Waals surface area contributed by atoms with Gasteiger partial charge in [0.15, 0.2) is 0 Å². The smallest absolute Gasteiger partial charge is 0.377 e. The lowest BCUT2D eigenvalue weighted by atomic mass is 10.1. The summed E-state index contributed by atoms with van der Waals surface area (Å²) in [5, 5.41) is 8.68. The van der Waals surface area contributed by atoms with Gasteiger partial charge in [0, 0.05) is 4.47 Å². The number of hydrogen-bond acceptors (Lipinski definition) is 3. The van der Waals surface area contributed by atoms with Crippen molar-refractivity contribution in [1.29, 1.82) is 0 Å². The predicted molar refractivity (Wildman–Crippen MR) is 59.8 cm³/mol. The summed E-state index contributed by atoms with van der Waals surface area (Å²) >= 11 is 3.19. The third-order valence-electron chi connectivity index (χ3n) is 2.20.